The van der Waals surface area contributed by atoms with Crippen LogP contribution in [0.5, 0.6) is 0 Å². The number of carbonyl (C=O) groups excluding carboxylic acids is 1. The second kappa shape index (κ2) is 7.40. The highest BCUT2D eigenvalue weighted by molar-refractivity contribution is 8.26. The molecule has 0 aromatic heterocycles. The van der Waals surface area contributed by atoms with Crippen molar-refractivity contribution in [3.05, 3.63) is 88.8 Å². The van der Waals surface area contributed by atoms with Crippen molar-refractivity contribution in [2.75, 3.05) is 0 Å². The van der Waals surface area contributed by atoms with Crippen molar-refractivity contribution in [3.8, 4) is 0 Å². The Morgan fingerprint density at radius 2 is 1.65 bits per heavy atom. The van der Waals surface area contributed by atoms with Crippen molar-refractivity contribution in [1.82, 2.24) is 4.90 Å². The largest absolute Gasteiger partial charge is 0.288 e. The molecule has 0 atom stereocenters. The highest BCUT2D eigenvalue weighted by Gasteiger charge is 2.31. The second-order valence-electron chi connectivity index (χ2n) is 5.05. The zero-order valence-corrected chi connectivity index (χ0v) is 14.0. The van der Waals surface area contributed by atoms with E-state index in [0.717, 1.165) is 11.1 Å². The molecule has 1 saturated heterocycles. The van der Waals surface area contributed by atoms with E-state index in [0.29, 0.717) is 15.8 Å². The molecular weight excluding hydrogens is 322 g/mol. The van der Waals surface area contributed by atoms with Crippen molar-refractivity contribution in [2.45, 2.75) is 6.54 Å². The van der Waals surface area contributed by atoms with Crippen LogP contribution in [-0.2, 0) is 11.3 Å². The molecule has 3 rings (SSSR count). The highest BCUT2D eigenvalue weighted by Crippen LogP contribution is 2.32. The number of hydrogen-bond acceptors (Lipinski definition) is 3. The van der Waals surface area contributed by atoms with Crippen LogP contribution in [0.15, 0.2) is 77.7 Å². The monoisotopic (exact) mass is 337 g/mol. The third-order valence-electron chi connectivity index (χ3n) is 3.39. The van der Waals surface area contributed by atoms with Crippen LogP contribution in [0.25, 0.3) is 6.08 Å². The maximum Gasteiger partial charge on any atom is 0.266 e. The first-order chi connectivity index (χ1) is 11.2. The zero-order chi connectivity index (χ0) is 16.1. The Hall–Kier alpha value is -2.17. The lowest BCUT2D eigenvalue weighted by molar-refractivity contribution is -0.122. The van der Waals surface area contributed by atoms with Gasteiger partial charge in [-0.1, -0.05) is 96.8 Å². The quantitative estimate of drug-likeness (QED) is 0.598. The van der Waals surface area contributed by atoms with Gasteiger partial charge in [0.15, 0.2) is 0 Å². The van der Waals surface area contributed by atoms with Crippen LogP contribution in [0.1, 0.15) is 11.1 Å². The molecule has 0 spiro atoms. The van der Waals surface area contributed by atoms with Crippen LogP contribution in [0.3, 0.4) is 0 Å². The van der Waals surface area contributed by atoms with E-state index in [9.17, 15) is 4.79 Å². The number of allylic oxidation sites excluding steroid dienone is 2. The van der Waals surface area contributed by atoms with Crippen molar-refractivity contribution in [1.29, 1.82) is 0 Å². The van der Waals surface area contributed by atoms with Crippen LogP contribution in [0.4, 0.5) is 0 Å². The first-order valence-electron chi connectivity index (χ1n) is 7.25. The smallest absolute Gasteiger partial charge is 0.266 e. The van der Waals surface area contributed by atoms with Gasteiger partial charge in [0, 0.05) is 0 Å². The standard InChI is InChI=1S/C19H15NOS2/c21-18-17(13-7-12-15-8-3-1-4-9-15)23-19(22)20(18)14-16-10-5-2-6-11-16/h1-13H,14H2/b12-7+,17-13-. The molecule has 1 aliphatic heterocycles. The summed E-state index contributed by atoms with van der Waals surface area (Å²) in [4.78, 5) is 14.8. The molecule has 0 saturated carbocycles. The lowest BCUT2D eigenvalue weighted by Crippen LogP contribution is -2.27. The molecule has 0 N–H and O–H groups in total. The molecule has 0 unspecified atom stereocenters. The molecule has 0 bridgehead atoms. The van der Waals surface area contributed by atoms with Gasteiger partial charge in [0.2, 0.25) is 0 Å². The Labute approximate surface area is 145 Å². The number of nitrogens with zero attached hydrogens (tertiary/aromatic N) is 1. The van der Waals surface area contributed by atoms with Crippen LogP contribution in [0, 0.1) is 0 Å². The van der Waals surface area contributed by atoms with E-state index in [1.165, 1.54) is 11.8 Å². The fraction of sp³-hybridized carbons (Fsp3) is 0.0526. The maximum absolute atomic E-state index is 12.5. The zero-order valence-electron chi connectivity index (χ0n) is 12.4. The number of thiocarbonyl (C=S) groups is 1. The summed E-state index contributed by atoms with van der Waals surface area (Å²) in [6.45, 7) is 0.519. The fourth-order valence-electron chi connectivity index (χ4n) is 2.23. The Kier molecular flexibility index (Phi) is 5.05. The third kappa shape index (κ3) is 3.97. The fourth-order valence-corrected chi connectivity index (χ4v) is 3.43. The first kappa shape index (κ1) is 15.7. The normalized spacial score (nSPS) is 16.7. The molecule has 0 radical (unpaired) electrons. The Bertz CT molecular complexity index is 766. The van der Waals surface area contributed by atoms with Gasteiger partial charge in [-0.15, -0.1) is 0 Å². The summed E-state index contributed by atoms with van der Waals surface area (Å²) in [7, 11) is 0. The van der Waals surface area contributed by atoms with Crippen LogP contribution >= 0.6 is 24.0 Å². The summed E-state index contributed by atoms with van der Waals surface area (Å²) in [5.41, 5.74) is 2.17. The number of rotatable bonds is 4. The average Bonchev–Trinajstić information content (AvgIpc) is 2.85. The SMILES string of the molecule is O=C1/C(=C/C=C/c2ccccc2)SC(=S)N1Cc1ccccc1. The molecule has 2 nitrogen and oxygen atoms in total. The van der Waals surface area contributed by atoms with Gasteiger partial charge in [0.1, 0.15) is 4.32 Å². The molecule has 1 fully saturated rings. The maximum atomic E-state index is 12.5. The minimum absolute atomic E-state index is 0.0263. The molecule has 1 aliphatic rings. The molecule has 2 aromatic carbocycles. The topological polar surface area (TPSA) is 20.3 Å². The lowest BCUT2D eigenvalue weighted by atomic mass is 10.2. The van der Waals surface area contributed by atoms with Gasteiger partial charge >= 0.3 is 0 Å². The molecule has 114 valence electrons. The van der Waals surface area contributed by atoms with Crippen molar-refractivity contribution < 1.29 is 4.79 Å². The summed E-state index contributed by atoms with van der Waals surface area (Å²) in [5, 5.41) is 0. The molecule has 1 heterocycles. The summed E-state index contributed by atoms with van der Waals surface area (Å²) in [6, 6.07) is 19.9. The van der Waals surface area contributed by atoms with Gasteiger partial charge in [-0.2, -0.15) is 0 Å². The van der Waals surface area contributed by atoms with Crippen molar-refractivity contribution >= 4 is 40.3 Å². The highest BCUT2D eigenvalue weighted by atomic mass is 32.2. The summed E-state index contributed by atoms with van der Waals surface area (Å²) in [6.07, 6.45) is 5.70. The molecule has 1 amide bonds. The van der Waals surface area contributed by atoms with Gasteiger partial charge in [0.05, 0.1) is 11.4 Å². The Morgan fingerprint density at radius 1 is 1.00 bits per heavy atom. The number of carbonyl (C=O) groups is 1. The first-order valence-corrected chi connectivity index (χ1v) is 8.47. The lowest BCUT2D eigenvalue weighted by Gasteiger charge is -2.14. The van der Waals surface area contributed by atoms with Gasteiger partial charge in [-0.05, 0) is 17.2 Å². The number of benzene rings is 2. The van der Waals surface area contributed by atoms with Crippen molar-refractivity contribution in [2.24, 2.45) is 0 Å². The van der Waals surface area contributed by atoms with Crippen LogP contribution < -0.4 is 0 Å². The summed E-state index contributed by atoms with van der Waals surface area (Å²) < 4.78 is 0.609. The summed E-state index contributed by atoms with van der Waals surface area (Å²) in [5.74, 6) is -0.0263. The molecule has 2 aromatic rings. The van der Waals surface area contributed by atoms with E-state index < -0.39 is 0 Å². The predicted molar refractivity (Wildman–Crippen MR) is 101 cm³/mol. The second-order valence-corrected chi connectivity index (χ2v) is 6.72. The predicted octanol–water partition coefficient (Wildman–Crippen LogP) is 4.64. The number of amides is 1. The van der Waals surface area contributed by atoms with Crippen LogP contribution in [-0.4, -0.2) is 15.1 Å². The van der Waals surface area contributed by atoms with E-state index >= 15 is 0 Å². The van der Waals surface area contributed by atoms with Gasteiger partial charge in [-0.25, -0.2) is 0 Å². The van der Waals surface area contributed by atoms with Gasteiger partial charge in [-0.3, -0.25) is 9.69 Å². The third-order valence-corrected chi connectivity index (χ3v) is 4.79. The molecular formula is C19H15NOS2. The van der Waals surface area contributed by atoms with E-state index in [2.05, 4.69) is 0 Å². The average molecular weight is 337 g/mol. The Morgan fingerprint density at radius 3 is 2.35 bits per heavy atom. The van der Waals surface area contributed by atoms with Gasteiger partial charge in [0.25, 0.3) is 5.91 Å². The number of hydrogen-bond donors (Lipinski definition) is 0. The van der Waals surface area contributed by atoms with Gasteiger partial charge < -0.3 is 0 Å². The van der Waals surface area contributed by atoms with E-state index in [-0.39, 0.29) is 5.91 Å². The van der Waals surface area contributed by atoms with E-state index in [1.54, 1.807) is 4.90 Å². The Balaban J connectivity index is 1.71. The van der Waals surface area contributed by atoms with Crippen molar-refractivity contribution in [3.63, 3.8) is 0 Å². The minimum atomic E-state index is -0.0263. The minimum Gasteiger partial charge on any atom is -0.288 e. The van der Waals surface area contributed by atoms with Crippen LogP contribution in [0.2, 0.25) is 0 Å². The summed E-state index contributed by atoms with van der Waals surface area (Å²) >= 11 is 6.69. The number of thioether (sulfide) groups is 1. The molecule has 4 heteroatoms. The van der Waals surface area contributed by atoms with E-state index in [4.69, 9.17) is 12.2 Å². The molecule has 23 heavy (non-hydrogen) atoms. The molecule has 0 aliphatic carbocycles. The van der Waals surface area contributed by atoms with E-state index in [1.807, 2.05) is 78.9 Å².